The Bertz CT molecular complexity index is 473. The first-order valence-corrected chi connectivity index (χ1v) is 4.87. The number of allylic oxidation sites excluding steroid dienone is 5. The predicted molar refractivity (Wildman–Crippen MR) is 59.9 cm³/mol. The van der Waals surface area contributed by atoms with Gasteiger partial charge in [0.15, 0.2) is 0 Å². The van der Waals surface area contributed by atoms with Crippen LogP contribution in [-0.4, -0.2) is 0 Å². The van der Waals surface area contributed by atoms with Gasteiger partial charge in [-0.1, -0.05) is 48.6 Å². The normalized spacial score (nSPS) is 21.8. The molecule has 1 aromatic carbocycles. The molecule has 67 valence electrons. The van der Waals surface area contributed by atoms with Crippen molar-refractivity contribution in [2.45, 2.75) is 5.92 Å². The summed E-state index contributed by atoms with van der Waals surface area (Å²) in [7, 11) is 0. The largest absolute Gasteiger partial charge is 0.0726 e. The average molecular weight is 179 g/mol. The van der Waals surface area contributed by atoms with E-state index in [4.69, 9.17) is 0 Å². The number of hydrogen-bond donors (Lipinski definition) is 0. The van der Waals surface area contributed by atoms with E-state index in [1.807, 2.05) is 0 Å². The van der Waals surface area contributed by atoms with Crippen molar-refractivity contribution in [3.05, 3.63) is 71.7 Å². The second kappa shape index (κ2) is 2.71. The van der Waals surface area contributed by atoms with E-state index in [0.717, 1.165) is 5.56 Å². The molecule has 0 N–H and O–H groups in total. The van der Waals surface area contributed by atoms with Crippen LogP contribution < -0.4 is 0 Å². The Balaban J connectivity index is 2.20. The van der Waals surface area contributed by atoms with E-state index >= 15 is 0 Å². The van der Waals surface area contributed by atoms with Crippen molar-refractivity contribution in [3.63, 3.8) is 0 Å². The molecule has 0 fully saturated rings. The summed E-state index contributed by atoms with van der Waals surface area (Å²) in [5.74, 6) is 0.469. The van der Waals surface area contributed by atoms with Crippen molar-refractivity contribution in [3.8, 4) is 0 Å². The molecule has 0 heterocycles. The van der Waals surface area contributed by atoms with Crippen molar-refractivity contribution in [1.82, 2.24) is 0 Å². The zero-order valence-electron chi connectivity index (χ0n) is 7.90. The molecule has 1 atom stereocenters. The lowest BCUT2D eigenvalue weighted by Gasteiger charge is -2.12. The minimum Gasteiger partial charge on any atom is -0.0726 e. The fourth-order valence-electron chi connectivity index (χ4n) is 2.18. The third-order valence-corrected chi connectivity index (χ3v) is 2.87. The van der Waals surface area contributed by atoms with E-state index < -0.39 is 0 Å². The van der Waals surface area contributed by atoms with Gasteiger partial charge in [0.25, 0.3) is 0 Å². The minimum atomic E-state index is 0.469. The van der Waals surface area contributed by atoms with Gasteiger partial charge < -0.3 is 0 Å². The summed E-state index contributed by atoms with van der Waals surface area (Å²) in [6.45, 7) is 3.97. The van der Waals surface area contributed by atoms with Crippen LogP contribution >= 0.6 is 0 Å². The van der Waals surface area contributed by atoms with Gasteiger partial charge in [-0.25, -0.2) is 0 Å². The van der Waals surface area contributed by atoms with Crippen LogP contribution in [0.3, 0.4) is 0 Å². The molecule has 1 radical (unpaired) electrons. The number of fused-ring (bicyclic) bond motifs is 3. The first-order chi connectivity index (χ1) is 6.84. The first-order valence-electron chi connectivity index (χ1n) is 4.87. The molecule has 0 saturated heterocycles. The molecule has 2 aliphatic carbocycles. The molecule has 1 aromatic rings. The highest BCUT2D eigenvalue weighted by molar-refractivity contribution is 5.72. The van der Waals surface area contributed by atoms with E-state index in [0.29, 0.717) is 5.92 Å². The van der Waals surface area contributed by atoms with E-state index in [2.05, 4.69) is 55.5 Å². The Hall–Kier alpha value is -1.56. The molecule has 3 rings (SSSR count). The maximum absolute atomic E-state index is 3.97. The van der Waals surface area contributed by atoms with Crippen LogP contribution in [0.2, 0.25) is 0 Å². The van der Waals surface area contributed by atoms with Gasteiger partial charge in [-0.2, -0.15) is 0 Å². The predicted octanol–water partition coefficient (Wildman–Crippen LogP) is 3.48. The zero-order chi connectivity index (χ0) is 9.54. The molecular formula is C14H11. The summed E-state index contributed by atoms with van der Waals surface area (Å²) < 4.78 is 0. The molecular weight excluding hydrogens is 168 g/mol. The first kappa shape index (κ1) is 7.81. The lowest BCUT2D eigenvalue weighted by atomic mass is 9.92. The summed E-state index contributed by atoms with van der Waals surface area (Å²) in [5.41, 5.74) is 5.23. The molecule has 0 bridgehead atoms. The topological polar surface area (TPSA) is 0 Å². The quantitative estimate of drug-likeness (QED) is 0.572. The summed E-state index contributed by atoms with van der Waals surface area (Å²) in [6, 6.07) is 6.42. The van der Waals surface area contributed by atoms with Crippen LogP contribution in [0.25, 0.3) is 6.08 Å². The molecule has 0 saturated carbocycles. The highest BCUT2D eigenvalue weighted by Gasteiger charge is 2.22. The second-order valence-corrected chi connectivity index (χ2v) is 3.83. The number of hydrogen-bond acceptors (Lipinski definition) is 0. The molecule has 1 unspecified atom stereocenters. The molecule has 2 aliphatic rings. The lowest BCUT2D eigenvalue weighted by Crippen LogP contribution is -1.96. The van der Waals surface area contributed by atoms with Crippen molar-refractivity contribution in [1.29, 1.82) is 0 Å². The van der Waals surface area contributed by atoms with Crippen molar-refractivity contribution >= 4 is 6.08 Å². The Labute approximate surface area is 84.3 Å². The fraction of sp³-hybridized carbons (Fsp3) is 0.0714. The van der Waals surface area contributed by atoms with Gasteiger partial charge in [0, 0.05) is 5.92 Å². The SMILES string of the molecule is [CH2]c1ccc2c(c1)C1C=CC=CC1=C2. The average Bonchev–Trinajstić information content (AvgIpc) is 2.56. The van der Waals surface area contributed by atoms with Crippen molar-refractivity contribution in [2.75, 3.05) is 0 Å². The highest BCUT2D eigenvalue weighted by Crippen LogP contribution is 2.39. The Morgan fingerprint density at radius 2 is 2.07 bits per heavy atom. The fourth-order valence-corrected chi connectivity index (χ4v) is 2.18. The van der Waals surface area contributed by atoms with Crippen LogP contribution in [0.4, 0.5) is 0 Å². The summed E-state index contributed by atoms with van der Waals surface area (Å²) in [4.78, 5) is 0. The molecule has 0 aromatic heterocycles. The zero-order valence-corrected chi connectivity index (χ0v) is 7.90. The standard InChI is InChI=1S/C14H11/c1-10-6-7-12-9-11-4-2-3-5-13(11)14(12)8-10/h2-9,13H,1H2. The van der Waals surface area contributed by atoms with Crippen LogP contribution in [0.5, 0.6) is 0 Å². The Kier molecular flexibility index (Phi) is 1.51. The third kappa shape index (κ3) is 1.00. The van der Waals surface area contributed by atoms with E-state index in [1.165, 1.54) is 16.7 Å². The van der Waals surface area contributed by atoms with Crippen LogP contribution in [0, 0.1) is 6.92 Å². The lowest BCUT2D eigenvalue weighted by molar-refractivity contribution is 1.05. The number of rotatable bonds is 0. The van der Waals surface area contributed by atoms with E-state index in [9.17, 15) is 0 Å². The number of benzene rings is 1. The van der Waals surface area contributed by atoms with Gasteiger partial charge in [0.05, 0.1) is 0 Å². The molecule has 0 nitrogen and oxygen atoms in total. The summed E-state index contributed by atoms with van der Waals surface area (Å²) in [5, 5.41) is 0. The van der Waals surface area contributed by atoms with E-state index in [1.54, 1.807) is 0 Å². The maximum atomic E-state index is 3.97. The molecule has 0 amide bonds. The second-order valence-electron chi connectivity index (χ2n) is 3.83. The van der Waals surface area contributed by atoms with Crippen LogP contribution in [0.1, 0.15) is 22.6 Å². The maximum Gasteiger partial charge on any atom is 0.0278 e. The third-order valence-electron chi connectivity index (χ3n) is 2.87. The van der Waals surface area contributed by atoms with Gasteiger partial charge in [0.2, 0.25) is 0 Å². The van der Waals surface area contributed by atoms with Gasteiger partial charge in [0.1, 0.15) is 0 Å². The van der Waals surface area contributed by atoms with E-state index in [-0.39, 0.29) is 0 Å². The van der Waals surface area contributed by atoms with Gasteiger partial charge in [-0.15, -0.1) is 0 Å². The molecule has 0 aliphatic heterocycles. The van der Waals surface area contributed by atoms with Crippen LogP contribution in [-0.2, 0) is 0 Å². The van der Waals surface area contributed by atoms with Gasteiger partial charge >= 0.3 is 0 Å². The Morgan fingerprint density at radius 1 is 1.14 bits per heavy atom. The molecule has 14 heavy (non-hydrogen) atoms. The monoisotopic (exact) mass is 179 g/mol. The minimum absolute atomic E-state index is 0.469. The Morgan fingerprint density at radius 3 is 3.00 bits per heavy atom. The molecule has 0 heteroatoms. The van der Waals surface area contributed by atoms with Crippen LogP contribution in [0.15, 0.2) is 48.1 Å². The van der Waals surface area contributed by atoms with Gasteiger partial charge in [-0.3, -0.25) is 0 Å². The highest BCUT2D eigenvalue weighted by atomic mass is 14.3. The van der Waals surface area contributed by atoms with Gasteiger partial charge in [-0.05, 0) is 29.2 Å². The van der Waals surface area contributed by atoms with Crippen molar-refractivity contribution < 1.29 is 0 Å². The smallest absolute Gasteiger partial charge is 0.0278 e. The van der Waals surface area contributed by atoms with Crippen molar-refractivity contribution in [2.24, 2.45) is 0 Å². The summed E-state index contributed by atoms with van der Waals surface area (Å²) >= 11 is 0. The summed E-state index contributed by atoms with van der Waals surface area (Å²) in [6.07, 6.45) is 10.9. The molecule has 0 spiro atoms.